The third-order valence-corrected chi connectivity index (χ3v) is 3.56. The summed E-state index contributed by atoms with van der Waals surface area (Å²) < 4.78 is 0. The zero-order valence-electron chi connectivity index (χ0n) is 9.25. The molecule has 2 unspecified atom stereocenters. The first-order chi connectivity index (χ1) is 6.43. The molecule has 2 rings (SSSR count). The van der Waals surface area contributed by atoms with Gasteiger partial charge in [0.1, 0.15) is 6.26 Å². The van der Waals surface area contributed by atoms with Gasteiger partial charge in [-0.25, -0.2) is 0 Å². The van der Waals surface area contributed by atoms with Gasteiger partial charge in [0.25, 0.3) is 0 Å². The quantitative estimate of drug-likeness (QED) is 0.702. The van der Waals surface area contributed by atoms with Crippen molar-refractivity contribution in [3.05, 3.63) is 11.3 Å². The van der Waals surface area contributed by atoms with Crippen LogP contribution < -0.4 is 0 Å². The summed E-state index contributed by atoms with van der Waals surface area (Å²) in [6.45, 7) is 8.89. The second-order valence-corrected chi connectivity index (χ2v) is 5.80. The number of halogens is 1. The average Bonchev–Trinajstić information content (AvgIpc) is 2.54. The largest absolute Gasteiger partial charge is 0.412 e. The van der Waals surface area contributed by atoms with Crippen LogP contribution >= 0.6 is 11.6 Å². The average molecular weight is 216 g/mol. The van der Waals surface area contributed by atoms with Crippen molar-refractivity contribution in [2.75, 3.05) is 0 Å². The van der Waals surface area contributed by atoms with Gasteiger partial charge in [0.2, 0.25) is 0 Å². The normalized spacial score (nSPS) is 35.7. The van der Waals surface area contributed by atoms with Crippen molar-refractivity contribution in [2.24, 2.45) is 11.3 Å². The van der Waals surface area contributed by atoms with E-state index in [0.717, 1.165) is 5.03 Å². The molecule has 1 aliphatic heterocycles. The van der Waals surface area contributed by atoms with Crippen LogP contribution in [0.1, 0.15) is 34.1 Å². The maximum Gasteiger partial charge on any atom is 0.127 e. The topological polar surface area (TPSA) is 12.5 Å². The Morgan fingerprint density at radius 1 is 1.57 bits per heavy atom. The number of hydrogen-bond acceptors (Lipinski definition) is 2. The number of nitrogens with zero attached hydrogens (tertiary/aromatic N) is 1. The zero-order valence-corrected chi connectivity index (χ0v) is 10.0. The molecule has 2 nitrogen and oxygen atoms in total. The molecule has 14 heavy (non-hydrogen) atoms. The van der Waals surface area contributed by atoms with E-state index in [9.17, 15) is 0 Å². The molecule has 1 heterocycles. The minimum absolute atomic E-state index is 0.253. The number of hydroxylamine groups is 2. The molecule has 1 fully saturated rings. The highest BCUT2D eigenvalue weighted by Crippen LogP contribution is 2.51. The Hall–Kier alpha value is -0.210. The third-order valence-electron chi connectivity index (χ3n) is 3.24. The minimum Gasteiger partial charge on any atom is -0.412 e. The van der Waals surface area contributed by atoms with Gasteiger partial charge in [-0.15, -0.1) is 5.06 Å². The summed E-state index contributed by atoms with van der Waals surface area (Å²) >= 11 is 6.13. The molecule has 2 aliphatic rings. The van der Waals surface area contributed by atoms with Crippen molar-refractivity contribution in [3.63, 3.8) is 0 Å². The van der Waals surface area contributed by atoms with Crippen molar-refractivity contribution in [1.29, 1.82) is 0 Å². The summed E-state index contributed by atoms with van der Waals surface area (Å²) in [5.74, 6) is 0.498. The fraction of sp³-hybridized carbons (Fsp3) is 0.818. The van der Waals surface area contributed by atoms with E-state index in [1.165, 1.54) is 6.42 Å². The molecule has 0 aromatic heterocycles. The van der Waals surface area contributed by atoms with Crippen molar-refractivity contribution in [1.82, 2.24) is 5.06 Å². The van der Waals surface area contributed by atoms with Crippen LogP contribution in [0.5, 0.6) is 0 Å². The highest BCUT2D eigenvalue weighted by atomic mass is 35.5. The minimum atomic E-state index is 0.253. The molecule has 1 saturated carbocycles. The van der Waals surface area contributed by atoms with Crippen LogP contribution in [-0.4, -0.2) is 17.1 Å². The van der Waals surface area contributed by atoms with Crippen molar-refractivity contribution in [2.45, 2.75) is 46.2 Å². The fourth-order valence-electron chi connectivity index (χ4n) is 2.12. The lowest BCUT2D eigenvalue weighted by Gasteiger charge is -2.27. The van der Waals surface area contributed by atoms with E-state index < -0.39 is 0 Å². The highest BCUT2D eigenvalue weighted by Gasteiger charge is 2.54. The van der Waals surface area contributed by atoms with Gasteiger partial charge in [-0.2, -0.15) is 0 Å². The van der Waals surface area contributed by atoms with Crippen LogP contribution in [0, 0.1) is 11.3 Å². The number of rotatable bonds is 2. The monoisotopic (exact) mass is 215 g/mol. The molecular formula is C11H18ClNO. The first-order valence-electron chi connectivity index (χ1n) is 5.24. The molecule has 0 aromatic carbocycles. The number of hydrogen-bond donors (Lipinski definition) is 0. The van der Waals surface area contributed by atoms with Gasteiger partial charge >= 0.3 is 0 Å². The molecule has 80 valence electrons. The Morgan fingerprint density at radius 3 is 2.57 bits per heavy atom. The lowest BCUT2D eigenvalue weighted by molar-refractivity contribution is -0.128. The predicted molar refractivity (Wildman–Crippen MR) is 57.7 cm³/mol. The lowest BCUT2D eigenvalue weighted by Crippen LogP contribution is -2.37. The van der Waals surface area contributed by atoms with Gasteiger partial charge in [0.05, 0.1) is 17.1 Å². The van der Waals surface area contributed by atoms with Crippen LogP contribution in [-0.2, 0) is 4.84 Å². The second-order valence-electron chi connectivity index (χ2n) is 5.37. The van der Waals surface area contributed by atoms with E-state index >= 15 is 0 Å². The Morgan fingerprint density at radius 2 is 2.14 bits per heavy atom. The third kappa shape index (κ3) is 1.55. The molecule has 0 bridgehead atoms. The molecule has 1 aliphatic carbocycles. The summed E-state index contributed by atoms with van der Waals surface area (Å²) in [6.07, 6.45) is 2.88. The van der Waals surface area contributed by atoms with Crippen LogP contribution in [0.4, 0.5) is 0 Å². The van der Waals surface area contributed by atoms with Gasteiger partial charge in [-0.1, -0.05) is 39.3 Å². The maximum atomic E-state index is 6.13. The second kappa shape index (κ2) is 3.14. The van der Waals surface area contributed by atoms with E-state index in [1.54, 1.807) is 6.26 Å². The van der Waals surface area contributed by atoms with E-state index in [1.807, 2.05) is 0 Å². The lowest BCUT2D eigenvalue weighted by atomic mass is 10.0. The molecule has 0 amide bonds. The SMILES string of the molecule is CC(C)C1C(Cl)=CON1C1CC1(C)C. The Kier molecular flexibility index (Phi) is 2.31. The predicted octanol–water partition coefficient (Wildman–Crippen LogP) is 3.14. The van der Waals surface area contributed by atoms with Crippen molar-refractivity contribution >= 4 is 11.6 Å². The molecular weight excluding hydrogens is 198 g/mol. The van der Waals surface area contributed by atoms with E-state index in [2.05, 4.69) is 32.8 Å². The van der Waals surface area contributed by atoms with Crippen LogP contribution in [0.15, 0.2) is 11.3 Å². The first-order valence-corrected chi connectivity index (χ1v) is 5.62. The molecule has 2 atom stereocenters. The molecule has 3 heteroatoms. The van der Waals surface area contributed by atoms with Gasteiger partial charge in [0.15, 0.2) is 0 Å². The van der Waals surface area contributed by atoms with E-state index in [4.69, 9.17) is 16.4 Å². The van der Waals surface area contributed by atoms with Crippen molar-refractivity contribution in [3.8, 4) is 0 Å². The molecule has 0 aromatic rings. The molecule has 0 radical (unpaired) electrons. The van der Waals surface area contributed by atoms with Gasteiger partial charge in [-0.3, -0.25) is 0 Å². The summed E-state index contributed by atoms with van der Waals surface area (Å²) in [5, 5.41) is 2.91. The Balaban J connectivity index is 2.08. The van der Waals surface area contributed by atoms with Crippen LogP contribution in [0.2, 0.25) is 0 Å². The van der Waals surface area contributed by atoms with Crippen molar-refractivity contribution < 1.29 is 4.84 Å². The Labute approximate surface area is 90.8 Å². The van der Waals surface area contributed by atoms with E-state index in [0.29, 0.717) is 17.4 Å². The summed E-state index contributed by atoms with van der Waals surface area (Å²) in [6, 6.07) is 0.783. The summed E-state index contributed by atoms with van der Waals surface area (Å²) in [4.78, 5) is 5.54. The van der Waals surface area contributed by atoms with Crippen LogP contribution in [0.25, 0.3) is 0 Å². The van der Waals surface area contributed by atoms with E-state index in [-0.39, 0.29) is 6.04 Å². The first kappa shape index (κ1) is 10.3. The van der Waals surface area contributed by atoms with Crippen LogP contribution in [0.3, 0.4) is 0 Å². The molecule has 0 spiro atoms. The summed E-state index contributed by atoms with van der Waals surface area (Å²) in [7, 11) is 0. The van der Waals surface area contributed by atoms with Gasteiger partial charge in [0, 0.05) is 0 Å². The standard InChI is InChI=1S/C11H18ClNO/c1-7(2)10-8(12)6-14-13(10)9-5-11(9,3)4/h6-7,9-10H,5H2,1-4H3. The summed E-state index contributed by atoms with van der Waals surface area (Å²) in [5.41, 5.74) is 0.391. The maximum absolute atomic E-state index is 6.13. The Bertz CT molecular complexity index is 272. The fourth-order valence-corrected chi connectivity index (χ4v) is 2.51. The molecule has 0 saturated heterocycles. The highest BCUT2D eigenvalue weighted by molar-refractivity contribution is 6.30. The molecule has 0 N–H and O–H groups in total. The van der Waals surface area contributed by atoms with Gasteiger partial charge < -0.3 is 4.84 Å². The smallest absolute Gasteiger partial charge is 0.127 e. The van der Waals surface area contributed by atoms with Gasteiger partial charge in [-0.05, 0) is 17.8 Å². The zero-order chi connectivity index (χ0) is 10.5.